The average Bonchev–Trinajstić information content (AvgIpc) is 2.72. The highest BCUT2D eigenvalue weighted by molar-refractivity contribution is 5.64. The fourth-order valence-electron chi connectivity index (χ4n) is 2.11. The Morgan fingerprint density at radius 1 is 1.29 bits per heavy atom. The third-order valence-electron chi connectivity index (χ3n) is 3.04. The second-order valence-electron chi connectivity index (χ2n) is 4.23. The van der Waals surface area contributed by atoms with Gasteiger partial charge < -0.3 is 20.1 Å². The highest BCUT2D eigenvalue weighted by Gasteiger charge is 2.18. The second-order valence-corrected chi connectivity index (χ2v) is 4.23. The van der Waals surface area contributed by atoms with Crippen LogP contribution < -0.4 is 10.6 Å². The largest absolute Gasteiger partial charge is 0.399 e. The van der Waals surface area contributed by atoms with Gasteiger partial charge in [0.05, 0.1) is 19.8 Å². The summed E-state index contributed by atoms with van der Waals surface area (Å²) in [7, 11) is 1.68. The van der Waals surface area contributed by atoms with Gasteiger partial charge in [0.25, 0.3) is 0 Å². The third kappa shape index (κ3) is 3.11. The molecule has 4 nitrogen and oxygen atoms in total. The van der Waals surface area contributed by atoms with Crippen molar-refractivity contribution in [3.05, 3.63) is 23.8 Å². The van der Waals surface area contributed by atoms with Gasteiger partial charge in [-0.15, -0.1) is 0 Å². The summed E-state index contributed by atoms with van der Waals surface area (Å²) >= 11 is 0. The molecule has 1 heterocycles. The van der Waals surface area contributed by atoms with Crippen molar-refractivity contribution >= 4 is 11.4 Å². The van der Waals surface area contributed by atoms with E-state index in [1.807, 2.05) is 6.07 Å². The number of methoxy groups -OCH3 is 1. The molecule has 0 unspecified atom stereocenters. The van der Waals surface area contributed by atoms with Crippen molar-refractivity contribution in [1.29, 1.82) is 0 Å². The number of rotatable bonds is 6. The van der Waals surface area contributed by atoms with Crippen molar-refractivity contribution < 1.29 is 9.47 Å². The van der Waals surface area contributed by atoms with Crippen LogP contribution in [0.4, 0.5) is 11.4 Å². The summed E-state index contributed by atoms with van der Waals surface area (Å²) in [4.78, 5) is 2.33. The van der Waals surface area contributed by atoms with Crippen LogP contribution in [0.3, 0.4) is 0 Å². The fourth-order valence-corrected chi connectivity index (χ4v) is 2.11. The quantitative estimate of drug-likeness (QED) is 0.597. The molecule has 0 amide bonds. The first-order valence-corrected chi connectivity index (χ1v) is 6.01. The molecule has 17 heavy (non-hydrogen) atoms. The van der Waals surface area contributed by atoms with Crippen LogP contribution in [0.1, 0.15) is 5.56 Å². The molecule has 1 aliphatic rings. The summed E-state index contributed by atoms with van der Waals surface area (Å²) < 4.78 is 10.4. The first-order valence-electron chi connectivity index (χ1n) is 6.01. The van der Waals surface area contributed by atoms with Gasteiger partial charge in [-0.2, -0.15) is 0 Å². The van der Waals surface area contributed by atoms with Crippen molar-refractivity contribution in [1.82, 2.24) is 0 Å². The summed E-state index contributed by atoms with van der Waals surface area (Å²) in [6.45, 7) is 4.03. The number of nitrogen functional groups attached to an aromatic ring is 1. The van der Waals surface area contributed by atoms with Gasteiger partial charge in [0.15, 0.2) is 0 Å². The van der Waals surface area contributed by atoms with Crippen molar-refractivity contribution in [3.8, 4) is 0 Å². The van der Waals surface area contributed by atoms with Crippen LogP contribution in [-0.2, 0) is 15.9 Å². The van der Waals surface area contributed by atoms with Crippen LogP contribution in [0.5, 0.6) is 0 Å². The van der Waals surface area contributed by atoms with Crippen LogP contribution >= 0.6 is 0 Å². The van der Waals surface area contributed by atoms with Gasteiger partial charge >= 0.3 is 0 Å². The van der Waals surface area contributed by atoms with Gasteiger partial charge in [0.1, 0.15) is 0 Å². The Morgan fingerprint density at radius 3 is 3.00 bits per heavy atom. The molecule has 0 spiro atoms. The van der Waals surface area contributed by atoms with E-state index in [9.17, 15) is 0 Å². The zero-order chi connectivity index (χ0) is 12.1. The lowest BCUT2D eigenvalue weighted by atomic mass is 10.1. The van der Waals surface area contributed by atoms with E-state index in [0.29, 0.717) is 13.2 Å². The predicted molar refractivity (Wildman–Crippen MR) is 69.5 cm³/mol. The van der Waals surface area contributed by atoms with Crippen molar-refractivity contribution in [2.24, 2.45) is 0 Å². The monoisotopic (exact) mass is 236 g/mol. The Morgan fingerprint density at radius 2 is 2.18 bits per heavy atom. The molecule has 1 aromatic carbocycles. The summed E-state index contributed by atoms with van der Waals surface area (Å²) in [5.41, 5.74) is 9.29. The molecule has 0 saturated heterocycles. The van der Waals surface area contributed by atoms with E-state index < -0.39 is 0 Å². The van der Waals surface area contributed by atoms with E-state index in [-0.39, 0.29) is 0 Å². The molecule has 2 rings (SSSR count). The topological polar surface area (TPSA) is 47.7 Å². The zero-order valence-electron chi connectivity index (χ0n) is 10.3. The molecule has 94 valence electrons. The van der Waals surface area contributed by atoms with Gasteiger partial charge in [0.2, 0.25) is 0 Å². The summed E-state index contributed by atoms with van der Waals surface area (Å²) in [5.74, 6) is 0. The zero-order valence-corrected chi connectivity index (χ0v) is 10.3. The predicted octanol–water partition coefficient (Wildman–Crippen LogP) is 1.29. The molecular weight excluding hydrogens is 216 g/mol. The van der Waals surface area contributed by atoms with E-state index in [0.717, 1.165) is 31.8 Å². The molecule has 1 aliphatic heterocycles. The average molecular weight is 236 g/mol. The summed E-state index contributed by atoms with van der Waals surface area (Å²) in [6.07, 6.45) is 1.10. The molecule has 0 saturated carbocycles. The molecule has 0 aliphatic carbocycles. The first-order chi connectivity index (χ1) is 8.31. The van der Waals surface area contributed by atoms with Crippen LogP contribution in [0.25, 0.3) is 0 Å². The Kier molecular flexibility index (Phi) is 4.23. The Bertz CT molecular complexity index is 368. The molecule has 0 atom stereocenters. The number of fused-ring (bicyclic) bond motifs is 1. The Balaban J connectivity index is 1.82. The third-order valence-corrected chi connectivity index (χ3v) is 3.04. The summed E-state index contributed by atoms with van der Waals surface area (Å²) in [5, 5.41) is 0. The van der Waals surface area contributed by atoms with Crippen LogP contribution in [0.2, 0.25) is 0 Å². The molecule has 0 bridgehead atoms. The molecule has 4 heteroatoms. The molecule has 1 aromatic rings. The lowest BCUT2D eigenvalue weighted by Gasteiger charge is -2.19. The van der Waals surface area contributed by atoms with Gasteiger partial charge in [-0.25, -0.2) is 0 Å². The normalized spacial score (nSPS) is 14.1. The van der Waals surface area contributed by atoms with Gasteiger partial charge in [-0.3, -0.25) is 0 Å². The maximum atomic E-state index is 5.81. The standard InChI is InChI=1S/C13H20N2O2/c1-16-8-9-17-7-6-15-5-4-11-2-3-12(14)10-13(11)15/h2-3,10H,4-9,14H2,1H3. The number of nitrogens with zero attached hydrogens (tertiary/aromatic N) is 1. The van der Waals surface area contributed by atoms with Gasteiger partial charge in [0, 0.05) is 31.6 Å². The lowest BCUT2D eigenvalue weighted by molar-refractivity contribution is 0.0742. The van der Waals surface area contributed by atoms with Crippen molar-refractivity contribution in [2.45, 2.75) is 6.42 Å². The van der Waals surface area contributed by atoms with Gasteiger partial charge in [-0.1, -0.05) is 6.07 Å². The van der Waals surface area contributed by atoms with Crippen molar-refractivity contribution in [3.63, 3.8) is 0 Å². The number of nitrogens with two attached hydrogens (primary N) is 1. The minimum absolute atomic E-state index is 0.656. The molecule has 2 N–H and O–H groups in total. The van der Waals surface area contributed by atoms with Crippen LogP contribution in [-0.4, -0.2) is 40.0 Å². The number of ether oxygens (including phenoxy) is 2. The Labute approximate surface area is 102 Å². The van der Waals surface area contributed by atoms with E-state index in [2.05, 4.69) is 17.0 Å². The fraction of sp³-hybridized carbons (Fsp3) is 0.538. The van der Waals surface area contributed by atoms with Gasteiger partial charge in [-0.05, 0) is 24.1 Å². The number of hydrogen-bond donors (Lipinski definition) is 1. The maximum absolute atomic E-state index is 5.81. The highest BCUT2D eigenvalue weighted by Crippen LogP contribution is 2.29. The van der Waals surface area contributed by atoms with Crippen molar-refractivity contribution in [2.75, 3.05) is 50.7 Å². The maximum Gasteiger partial charge on any atom is 0.0701 e. The molecule has 0 aromatic heterocycles. The summed E-state index contributed by atoms with van der Waals surface area (Å²) in [6, 6.07) is 6.14. The minimum atomic E-state index is 0.656. The Hall–Kier alpha value is -1.26. The molecular formula is C13H20N2O2. The van der Waals surface area contributed by atoms with Crippen LogP contribution in [0.15, 0.2) is 18.2 Å². The first kappa shape index (κ1) is 12.2. The molecule has 0 fully saturated rings. The van der Waals surface area contributed by atoms with E-state index >= 15 is 0 Å². The highest BCUT2D eigenvalue weighted by atomic mass is 16.5. The number of hydrogen-bond acceptors (Lipinski definition) is 4. The van der Waals surface area contributed by atoms with Crippen LogP contribution in [0, 0.1) is 0 Å². The number of benzene rings is 1. The van der Waals surface area contributed by atoms with E-state index in [1.165, 1.54) is 11.3 Å². The second kappa shape index (κ2) is 5.89. The SMILES string of the molecule is COCCOCCN1CCc2ccc(N)cc21. The minimum Gasteiger partial charge on any atom is -0.399 e. The van der Waals surface area contributed by atoms with E-state index in [1.54, 1.807) is 7.11 Å². The smallest absolute Gasteiger partial charge is 0.0701 e. The lowest BCUT2D eigenvalue weighted by Crippen LogP contribution is -2.25. The number of anilines is 2. The molecule has 0 radical (unpaired) electrons. The van der Waals surface area contributed by atoms with E-state index in [4.69, 9.17) is 15.2 Å².